The molecule has 0 fully saturated rings. The highest BCUT2D eigenvalue weighted by atomic mass is 16.7. The quantitative estimate of drug-likeness (QED) is 0.509. The van der Waals surface area contributed by atoms with Crippen LogP contribution in [0.2, 0.25) is 0 Å². The lowest BCUT2D eigenvalue weighted by molar-refractivity contribution is -0.457. The van der Waals surface area contributed by atoms with Crippen LogP contribution in [0.15, 0.2) is 54.1 Å². The predicted octanol–water partition coefficient (Wildman–Crippen LogP) is 3.68. The second-order valence-corrected chi connectivity index (χ2v) is 4.86. The maximum absolute atomic E-state index is 11.2. The first kappa shape index (κ1) is 15.8. The number of ether oxygens (including phenoxy) is 1. The van der Waals surface area contributed by atoms with E-state index in [4.69, 9.17) is 9.84 Å². The molecule has 6 nitrogen and oxygen atoms in total. The van der Waals surface area contributed by atoms with Gasteiger partial charge in [-0.2, -0.15) is 0 Å². The first-order valence-corrected chi connectivity index (χ1v) is 6.86. The number of benzene rings is 1. The monoisotopic (exact) mass is 302 g/mol. The lowest BCUT2D eigenvalue weighted by atomic mass is 9.80. The van der Waals surface area contributed by atoms with Gasteiger partial charge < -0.3 is 9.84 Å². The number of rotatable bonds is 5. The molecule has 0 saturated heterocycles. The Morgan fingerprint density at radius 2 is 2.05 bits per heavy atom. The van der Waals surface area contributed by atoms with E-state index < -0.39 is 16.7 Å². The summed E-state index contributed by atoms with van der Waals surface area (Å²) in [5.74, 6) is 0. The molecule has 1 unspecified atom stereocenters. The third kappa shape index (κ3) is 3.00. The van der Waals surface area contributed by atoms with Crippen LogP contribution in [0.1, 0.15) is 25.3 Å². The first-order chi connectivity index (χ1) is 10.5. The molecule has 0 saturated carbocycles. The van der Waals surface area contributed by atoms with Gasteiger partial charge in [-0.15, -0.1) is 0 Å². The average Bonchev–Trinajstić information content (AvgIpc) is 2.53. The van der Waals surface area contributed by atoms with E-state index in [-0.39, 0.29) is 12.5 Å². The van der Waals surface area contributed by atoms with Crippen molar-refractivity contribution in [3.8, 4) is 0 Å². The summed E-state index contributed by atoms with van der Waals surface area (Å²) < 4.78 is 5.23. The fraction of sp³-hybridized carbons (Fsp3) is 0.250. The first-order valence-electron chi connectivity index (χ1n) is 6.86. The highest BCUT2D eigenvalue weighted by Gasteiger charge is 2.39. The Morgan fingerprint density at radius 3 is 2.50 bits per heavy atom. The third-order valence-corrected chi connectivity index (χ3v) is 3.69. The van der Waals surface area contributed by atoms with E-state index >= 15 is 0 Å². The summed E-state index contributed by atoms with van der Waals surface area (Å²) in [4.78, 5) is 21.5. The number of carbonyl (C=O) groups is 1. The molecular weight excluding hydrogens is 286 g/mol. The van der Waals surface area contributed by atoms with Crippen molar-refractivity contribution in [2.45, 2.75) is 25.4 Å². The lowest BCUT2D eigenvalue weighted by Gasteiger charge is -2.34. The maximum atomic E-state index is 11.2. The molecule has 0 amide bonds. The molecule has 0 spiro atoms. The molecule has 0 aliphatic heterocycles. The van der Waals surface area contributed by atoms with Gasteiger partial charge in [-0.25, -0.2) is 4.79 Å². The van der Waals surface area contributed by atoms with Gasteiger partial charge >= 0.3 is 12.2 Å². The molecule has 1 aliphatic carbocycles. The Hall–Kier alpha value is -2.63. The third-order valence-electron chi connectivity index (χ3n) is 3.69. The molecule has 1 aromatic rings. The molecule has 2 rings (SSSR count). The van der Waals surface area contributed by atoms with Crippen molar-refractivity contribution in [3.63, 3.8) is 0 Å². The molecular formula is C16H16NO5. The standard InChI is InChI=1S/C16H16NO5/c1-2-16(22-15(18)19,12-6-4-3-5-7-12)13-8-10-14(11-9-13)17(20)21/h3-10H,2,11H2,1H3,(H,18,19). The van der Waals surface area contributed by atoms with Crippen molar-refractivity contribution < 1.29 is 19.6 Å². The molecule has 1 atom stereocenters. The van der Waals surface area contributed by atoms with Gasteiger partial charge in [0, 0.05) is 23.0 Å². The molecule has 6 heteroatoms. The summed E-state index contributed by atoms with van der Waals surface area (Å²) in [5, 5.41) is 19.9. The molecule has 1 radical (unpaired) electrons. The van der Waals surface area contributed by atoms with E-state index in [0.717, 1.165) is 0 Å². The van der Waals surface area contributed by atoms with E-state index in [0.29, 0.717) is 17.6 Å². The second kappa shape index (κ2) is 6.43. The Labute approximate surface area is 127 Å². The van der Waals surface area contributed by atoms with Crippen LogP contribution in [0.4, 0.5) is 4.79 Å². The maximum Gasteiger partial charge on any atom is 0.507 e. The summed E-state index contributed by atoms with van der Waals surface area (Å²) in [6.07, 6.45) is 3.74. The van der Waals surface area contributed by atoms with Crippen molar-refractivity contribution in [2.24, 2.45) is 0 Å². The number of nitro groups is 1. The number of carboxylic acid groups (broad SMARTS) is 1. The van der Waals surface area contributed by atoms with E-state index in [1.54, 1.807) is 36.4 Å². The zero-order valence-electron chi connectivity index (χ0n) is 12.1. The highest BCUT2D eigenvalue weighted by molar-refractivity contribution is 5.60. The van der Waals surface area contributed by atoms with Gasteiger partial charge in [-0.3, -0.25) is 10.1 Å². The zero-order valence-corrected chi connectivity index (χ0v) is 12.1. The summed E-state index contributed by atoms with van der Waals surface area (Å²) in [5.41, 5.74) is 0.140. The van der Waals surface area contributed by atoms with Gasteiger partial charge in [0.05, 0.1) is 0 Å². The fourth-order valence-corrected chi connectivity index (χ4v) is 2.59. The molecule has 1 aromatic carbocycles. The Kier molecular flexibility index (Phi) is 4.60. The Balaban J connectivity index is 2.44. The van der Waals surface area contributed by atoms with Crippen molar-refractivity contribution in [1.82, 2.24) is 0 Å². The van der Waals surface area contributed by atoms with Crippen molar-refractivity contribution in [1.29, 1.82) is 0 Å². The minimum atomic E-state index is -1.39. The molecule has 0 heterocycles. The number of nitrogens with zero attached hydrogens (tertiary/aromatic N) is 1. The zero-order chi connectivity index (χ0) is 16.2. The van der Waals surface area contributed by atoms with Crippen molar-refractivity contribution in [2.75, 3.05) is 0 Å². The van der Waals surface area contributed by atoms with Gasteiger partial charge in [0.1, 0.15) is 0 Å². The second-order valence-electron chi connectivity index (χ2n) is 4.86. The lowest BCUT2D eigenvalue weighted by Crippen LogP contribution is -2.34. The number of hydrogen-bond acceptors (Lipinski definition) is 4. The SMILES string of the molecule is CCC(OC(=O)O)(C1=CC[C]([N+](=O)[O-])C=C1)c1ccccc1. The summed E-state index contributed by atoms with van der Waals surface area (Å²) in [6.45, 7) is 1.82. The van der Waals surface area contributed by atoms with Crippen molar-refractivity contribution in [3.05, 3.63) is 75.9 Å². The van der Waals surface area contributed by atoms with Gasteiger partial charge in [-0.05, 0) is 12.0 Å². The van der Waals surface area contributed by atoms with Crippen LogP contribution in [0.5, 0.6) is 0 Å². The van der Waals surface area contributed by atoms with Crippen LogP contribution in [-0.2, 0) is 10.3 Å². The minimum absolute atomic E-state index is 0.0668. The van der Waals surface area contributed by atoms with Crippen molar-refractivity contribution >= 4 is 6.16 Å². The normalized spacial score (nSPS) is 17.4. The molecule has 1 aliphatic rings. The Bertz CT molecular complexity index is 623. The predicted molar refractivity (Wildman–Crippen MR) is 79.6 cm³/mol. The average molecular weight is 302 g/mol. The topological polar surface area (TPSA) is 89.7 Å². The van der Waals surface area contributed by atoms with Crippen LogP contribution in [0.25, 0.3) is 0 Å². The minimum Gasteiger partial charge on any atom is -0.450 e. The molecule has 0 bridgehead atoms. The molecule has 22 heavy (non-hydrogen) atoms. The summed E-state index contributed by atoms with van der Waals surface area (Å²) >= 11 is 0. The molecule has 0 aromatic heterocycles. The summed E-state index contributed by atoms with van der Waals surface area (Å²) in [7, 11) is 0. The van der Waals surface area contributed by atoms with Crippen LogP contribution >= 0.6 is 0 Å². The van der Waals surface area contributed by atoms with Crippen LogP contribution in [-0.4, -0.2) is 16.2 Å². The fourth-order valence-electron chi connectivity index (χ4n) is 2.59. The number of hydrogen-bond donors (Lipinski definition) is 1. The van der Waals surface area contributed by atoms with Crippen LogP contribution in [0, 0.1) is 16.2 Å². The van der Waals surface area contributed by atoms with E-state index in [1.807, 2.05) is 13.0 Å². The van der Waals surface area contributed by atoms with Gasteiger partial charge in [0.15, 0.2) is 5.60 Å². The van der Waals surface area contributed by atoms with Crippen LogP contribution in [0.3, 0.4) is 0 Å². The molecule has 115 valence electrons. The largest absolute Gasteiger partial charge is 0.507 e. The Morgan fingerprint density at radius 1 is 1.36 bits per heavy atom. The van der Waals surface area contributed by atoms with Gasteiger partial charge in [0.25, 0.3) is 0 Å². The van der Waals surface area contributed by atoms with E-state index in [2.05, 4.69) is 0 Å². The van der Waals surface area contributed by atoms with Gasteiger partial charge in [0.2, 0.25) is 0 Å². The highest BCUT2D eigenvalue weighted by Crippen LogP contribution is 2.40. The molecule has 1 N–H and O–H groups in total. The van der Waals surface area contributed by atoms with E-state index in [9.17, 15) is 14.9 Å². The van der Waals surface area contributed by atoms with Gasteiger partial charge in [-0.1, -0.05) is 49.4 Å². The van der Waals surface area contributed by atoms with Crippen LogP contribution < -0.4 is 0 Å². The summed E-state index contributed by atoms with van der Waals surface area (Å²) in [6, 6.07) is 9.06. The van der Waals surface area contributed by atoms with E-state index in [1.165, 1.54) is 6.08 Å². The smallest absolute Gasteiger partial charge is 0.450 e.